The Balaban J connectivity index is 0.00000176. The maximum atomic E-state index is 12.7. The van der Waals surface area contributed by atoms with Gasteiger partial charge in [-0.25, -0.2) is 0 Å². The van der Waals surface area contributed by atoms with Crippen LogP contribution in [0.3, 0.4) is 0 Å². The summed E-state index contributed by atoms with van der Waals surface area (Å²) in [4.78, 5) is 14.6. The van der Waals surface area contributed by atoms with Crippen molar-refractivity contribution in [3.05, 3.63) is 40.1 Å². The van der Waals surface area contributed by atoms with Crippen molar-refractivity contribution in [2.75, 3.05) is 26.2 Å². The van der Waals surface area contributed by atoms with Crippen LogP contribution in [0.15, 0.2) is 33.3 Å². The second-order valence-electron chi connectivity index (χ2n) is 5.01. The van der Waals surface area contributed by atoms with Crippen molar-refractivity contribution in [2.45, 2.75) is 6.92 Å². The number of rotatable bonds is 2. The van der Waals surface area contributed by atoms with Gasteiger partial charge < -0.3 is 14.7 Å². The highest BCUT2D eigenvalue weighted by Crippen LogP contribution is 2.28. The first-order chi connectivity index (χ1) is 10.2. The normalized spacial score (nSPS) is 14.5. The number of amides is 1. The molecule has 0 aliphatic carbocycles. The third kappa shape index (κ3) is 3.34. The average molecular weight is 387 g/mol. The molecular formula is C15H17BrClN3O2. The molecule has 0 unspecified atom stereocenters. The lowest BCUT2D eigenvalue weighted by Gasteiger charge is -2.27. The van der Waals surface area contributed by atoms with Crippen molar-refractivity contribution >= 4 is 34.2 Å². The molecule has 7 heteroatoms. The number of benzene rings is 1. The van der Waals surface area contributed by atoms with Crippen LogP contribution in [0.5, 0.6) is 0 Å². The Morgan fingerprint density at radius 2 is 2.09 bits per heavy atom. The molecule has 2 heterocycles. The van der Waals surface area contributed by atoms with E-state index in [1.807, 2.05) is 29.2 Å². The van der Waals surface area contributed by atoms with Gasteiger partial charge in [-0.15, -0.1) is 12.4 Å². The summed E-state index contributed by atoms with van der Waals surface area (Å²) in [5.41, 5.74) is 2.05. The quantitative estimate of drug-likeness (QED) is 0.862. The zero-order chi connectivity index (χ0) is 14.8. The van der Waals surface area contributed by atoms with Gasteiger partial charge in [-0.1, -0.05) is 33.2 Å². The van der Waals surface area contributed by atoms with Crippen LogP contribution in [0.1, 0.15) is 16.1 Å². The largest absolute Gasteiger partial charge is 0.360 e. The molecular weight excluding hydrogens is 370 g/mol. The van der Waals surface area contributed by atoms with Crippen LogP contribution in [-0.4, -0.2) is 42.1 Å². The molecule has 0 radical (unpaired) electrons. The van der Waals surface area contributed by atoms with E-state index in [0.29, 0.717) is 30.1 Å². The molecule has 118 valence electrons. The smallest absolute Gasteiger partial charge is 0.259 e. The summed E-state index contributed by atoms with van der Waals surface area (Å²) in [5, 5.41) is 7.33. The molecule has 1 amide bonds. The Morgan fingerprint density at radius 3 is 2.77 bits per heavy atom. The fraction of sp³-hybridized carbons (Fsp3) is 0.333. The van der Waals surface area contributed by atoms with Crippen LogP contribution < -0.4 is 5.32 Å². The third-order valence-corrected chi connectivity index (χ3v) is 4.07. The van der Waals surface area contributed by atoms with Gasteiger partial charge in [0, 0.05) is 36.2 Å². The maximum absolute atomic E-state index is 12.7. The van der Waals surface area contributed by atoms with E-state index in [1.54, 1.807) is 6.92 Å². The van der Waals surface area contributed by atoms with E-state index >= 15 is 0 Å². The molecule has 1 aliphatic heterocycles. The van der Waals surface area contributed by atoms with Gasteiger partial charge in [0.2, 0.25) is 0 Å². The molecule has 1 aliphatic rings. The zero-order valence-electron chi connectivity index (χ0n) is 12.1. The van der Waals surface area contributed by atoms with Crippen molar-refractivity contribution < 1.29 is 9.32 Å². The lowest BCUT2D eigenvalue weighted by Crippen LogP contribution is -2.46. The molecule has 0 atom stereocenters. The molecule has 2 aromatic rings. The molecule has 1 saturated heterocycles. The number of nitrogens with zero attached hydrogens (tertiary/aromatic N) is 2. The number of halogens is 2. The summed E-state index contributed by atoms with van der Waals surface area (Å²) >= 11 is 3.44. The molecule has 1 aromatic heterocycles. The molecule has 1 N–H and O–H groups in total. The van der Waals surface area contributed by atoms with E-state index in [1.165, 1.54) is 0 Å². The van der Waals surface area contributed by atoms with E-state index < -0.39 is 0 Å². The van der Waals surface area contributed by atoms with Crippen molar-refractivity contribution in [3.63, 3.8) is 0 Å². The maximum Gasteiger partial charge on any atom is 0.259 e. The van der Waals surface area contributed by atoms with Gasteiger partial charge >= 0.3 is 0 Å². The van der Waals surface area contributed by atoms with Crippen molar-refractivity contribution in [2.24, 2.45) is 0 Å². The first-order valence-corrected chi connectivity index (χ1v) is 7.68. The zero-order valence-corrected chi connectivity index (χ0v) is 14.5. The Hall–Kier alpha value is -1.37. The molecule has 1 fully saturated rings. The van der Waals surface area contributed by atoms with Crippen LogP contribution in [-0.2, 0) is 0 Å². The van der Waals surface area contributed by atoms with Crippen molar-refractivity contribution in [1.29, 1.82) is 0 Å². The minimum atomic E-state index is -0.00905. The number of aromatic nitrogens is 1. The Kier molecular flexibility index (Phi) is 5.61. The number of hydrogen-bond donors (Lipinski definition) is 1. The monoisotopic (exact) mass is 385 g/mol. The average Bonchev–Trinajstić information content (AvgIpc) is 2.89. The summed E-state index contributed by atoms with van der Waals surface area (Å²) in [6, 6.07) is 7.72. The standard InChI is InChI=1S/C15H16BrN3O2.ClH/c1-10-13(15(20)19-7-5-17-6-8-19)14(18-21-10)11-3-2-4-12(16)9-11;/h2-4,9,17H,5-8H2,1H3;1H. The SMILES string of the molecule is Cc1onc(-c2cccc(Br)c2)c1C(=O)N1CCNCC1.Cl. The highest BCUT2D eigenvalue weighted by Gasteiger charge is 2.26. The van der Waals surface area contributed by atoms with E-state index in [-0.39, 0.29) is 18.3 Å². The number of piperazine rings is 1. The van der Waals surface area contributed by atoms with Gasteiger partial charge in [0.15, 0.2) is 0 Å². The predicted octanol–water partition coefficient (Wildman–Crippen LogP) is 2.88. The topological polar surface area (TPSA) is 58.4 Å². The van der Waals surface area contributed by atoms with Crippen LogP contribution >= 0.6 is 28.3 Å². The third-order valence-electron chi connectivity index (χ3n) is 3.58. The number of nitrogens with one attached hydrogen (secondary N) is 1. The summed E-state index contributed by atoms with van der Waals surface area (Å²) < 4.78 is 6.22. The predicted molar refractivity (Wildman–Crippen MR) is 90.4 cm³/mol. The molecule has 5 nitrogen and oxygen atoms in total. The van der Waals surface area contributed by atoms with Gasteiger partial charge in [-0.3, -0.25) is 4.79 Å². The Morgan fingerprint density at radius 1 is 1.36 bits per heavy atom. The minimum absolute atomic E-state index is 0. The lowest BCUT2D eigenvalue weighted by atomic mass is 10.0. The number of carbonyl (C=O) groups excluding carboxylic acids is 1. The highest BCUT2D eigenvalue weighted by molar-refractivity contribution is 9.10. The fourth-order valence-electron chi connectivity index (χ4n) is 2.48. The first kappa shape index (κ1) is 17.0. The van der Waals surface area contributed by atoms with E-state index in [9.17, 15) is 4.79 Å². The Labute approximate surface area is 143 Å². The van der Waals surface area contributed by atoms with Crippen LogP contribution in [0.4, 0.5) is 0 Å². The van der Waals surface area contributed by atoms with Crippen LogP contribution in [0.25, 0.3) is 11.3 Å². The number of aryl methyl sites for hydroxylation is 1. The second kappa shape index (κ2) is 7.26. The molecule has 0 saturated carbocycles. The fourth-order valence-corrected chi connectivity index (χ4v) is 2.88. The second-order valence-corrected chi connectivity index (χ2v) is 5.93. The lowest BCUT2D eigenvalue weighted by molar-refractivity contribution is 0.0734. The van der Waals surface area contributed by atoms with Crippen LogP contribution in [0.2, 0.25) is 0 Å². The first-order valence-electron chi connectivity index (χ1n) is 6.89. The summed E-state index contributed by atoms with van der Waals surface area (Å²) in [6.07, 6.45) is 0. The van der Waals surface area contributed by atoms with Crippen molar-refractivity contribution in [3.8, 4) is 11.3 Å². The molecule has 1 aromatic carbocycles. The number of hydrogen-bond acceptors (Lipinski definition) is 4. The molecule has 0 bridgehead atoms. The summed E-state index contributed by atoms with van der Waals surface area (Å²) in [6.45, 7) is 4.84. The molecule has 0 spiro atoms. The molecule has 3 rings (SSSR count). The van der Waals surface area contributed by atoms with Crippen LogP contribution in [0, 0.1) is 6.92 Å². The summed E-state index contributed by atoms with van der Waals surface area (Å²) in [7, 11) is 0. The van der Waals surface area contributed by atoms with Gasteiger partial charge in [0.25, 0.3) is 5.91 Å². The Bertz CT molecular complexity index is 669. The molecule has 22 heavy (non-hydrogen) atoms. The van der Waals surface area contributed by atoms with E-state index in [0.717, 1.165) is 23.1 Å². The van der Waals surface area contributed by atoms with Gasteiger partial charge in [0.05, 0.1) is 0 Å². The highest BCUT2D eigenvalue weighted by atomic mass is 79.9. The van der Waals surface area contributed by atoms with Gasteiger partial charge in [0.1, 0.15) is 17.0 Å². The number of carbonyl (C=O) groups is 1. The summed E-state index contributed by atoms with van der Waals surface area (Å²) in [5.74, 6) is 0.554. The minimum Gasteiger partial charge on any atom is -0.360 e. The van der Waals surface area contributed by atoms with Gasteiger partial charge in [-0.2, -0.15) is 0 Å². The van der Waals surface area contributed by atoms with E-state index in [2.05, 4.69) is 26.4 Å². The van der Waals surface area contributed by atoms with Crippen molar-refractivity contribution in [1.82, 2.24) is 15.4 Å². The van der Waals surface area contributed by atoms with Gasteiger partial charge in [-0.05, 0) is 19.1 Å². The van der Waals surface area contributed by atoms with E-state index in [4.69, 9.17) is 4.52 Å².